The summed E-state index contributed by atoms with van der Waals surface area (Å²) < 4.78 is 14.7. The van der Waals surface area contributed by atoms with E-state index < -0.39 is 10.8 Å². The molecular weight excluding hydrogens is 260 g/mol. The van der Waals surface area contributed by atoms with Crippen molar-refractivity contribution in [2.45, 2.75) is 32.8 Å². The van der Waals surface area contributed by atoms with Crippen molar-refractivity contribution in [3.63, 3.8) is 0 Å². The molecule has 0 aliphatic carbocycles. The van der Waals surface area contributed by atoms with Gasteiger partial charge in [-0.05, 0) is 31.9 Å². The predicted octanol–water partition coefficient (Wildman–Crippen LogP) is 2.79. The van der Waals surface area contributed by atoms with Crippen LogP contribution in [0.15, 0.2) is 30.6 Å². The third-order valence-corrected chi connectivity index (χ3v) is 1.72. The van der Waals surface area contributed by atoms with Gasteiger partial charge in [0.1, 0.15) is 0 Å². The highest BCUT2D eigenvalue weighted by molar-refractivity contribution is 7.83. The first-order valence-electron chi connectivity index (χ1n) is 6.07. The van der Waals surface area contributed by atoms with Crippen LogP contribution in [-0.2, 0) is 15.5 Å². The van der Waals surface area contributed by atoms with E-state index in [4.69, 9.17) is 10.00 Å². The molecule has 0 saturated carbocycles. The van der Waals surface area contributed by atoms with Crippen LogP contribution in [0.3, 0.4) is 0 Å². The number of hydrogen-bond donors (Lipinski definition) is 0. The van der Waals surface area contributed by atoms with E-state index in [1.165, 1.54) is 19.8 Å². The van der Waals surface area contributed by atoms with Gasteiger partial charge < -0.3 is 4.74 Å². The highest BCUT2D eigenvalue weighted by Gasteiger charge is 2.07. The lowest BCUT2D eigenvalue weighted by Crippen LogP contribution is -1.94. The summed E-state index contributed by atoms with van der Waals surface area (Å²) in [4.78, 5) is 3.78. The lowest BCUT2D eigenvalue weighted by Gasteiger charge is -1.94. The van der Waals surface area contributed by atoms with E-state index in [0.29, 0.717) is 6.10 Å². The summed E-state index contributed by atoms with van der Waals surface area (Å²) in [6.45, 7) is 4.54. The number of ether oxygens (including phenoxy) is 1. The lowest BCUT2D eigenvalue weighted by molar-refractivity contribution is 0.125. The molecule has 19 heavy (non-hydrogen) atoms. The molecule has 1 aliphatic rings. The van der Waals surface area contributed by atoms with E-state index >= 15 is 0 Å². The molecule has 5 heteroatoms. The predicted molar refractivity (Wildman–Crippen MR) is 80.2 cm³/mol. The number of pyridine rings is 1. The van der Waals surface area contributed by atoms with E-state index in [9.17, 15) is 4.21 Å². The standard InChI is InChI=1S/C5H5N.C5H10O.C2H3N.C2H6OS/c1-2-4-6-5-3-1;1-5-3-2-4-6-5;1-2-3;1-4(2)3/h1-5H;5H,2-4H2,1H3;1H3;1-2H3. The van der Waals surface area contributed by atoms with Gasteiger partial charge in [-0.15, -0.1) is 0 Å². The van der Waals surface area contributed by atoms with Crippen molar-refractivity contribution in [1.29, 1.82) is 5.26 Å². The molecule has 1 saturated heterocycles. The van der Waals surface area contributed by atoms with Crippen molar-refractivity contribution in [1.82, 2.24) is 4.98 Å². The van der Waals surface area contributed by atoms with Crippen LogP contribution in [0.5, 0.6) is 0 Å². The topological polar surface area (TPSA) is 63.0 Å². The number of rotatable bonds is 0. The molecule has 1 aliphatic heterocycles. The van der Waals surface area contributed by atoms with Crippen LogP contribution in [0.1, 0.15) is 26.7 Å². The van der Waals surface area contributed by atoms with Crippen LogP contribution < -0.4 is 0 Å². The third kappa shape index (κ3) is 26.4. The fourth-order valence-corrected chi connectivity index (χ4v) is 1.05. The van der Waals surface area contributed by atoms with E-state index in [0.717, 1.165) is 6.61 Å². The molecule has 0 amide bonds. The Hall–Kier alpha value is -1.25. The van der Waals surface area contributed by atoms with E-state index in [2.05, 4.69) is 11.9 Å². The molecule has 0 spiro atoms. The Bertz CT molecular complexity index is 302. The average molecular weight is 284 g/mol. The van der Waals surface area contributed by atoms with Crippen molar-refractivity contribution in [2.24, 2.45) is 0 Å². The first kappa shape index (κ1) is 20.1. The maximum Gasteiger partial charge on any atom is 0.0587 e. The van der Waals surface area contributed by atoms with E-state index in [-0.39, 0.29) is 0 Å². The second-order valence-electron chi connectivity index (χ2n) is 3.81. The molecule has 4 nitrogen and oxygen atoms in total. The van der Waals surface area contributed by atoms with Crippen molar-refractivity contribution in [3.05, 3.63) is 30.6 Å². The Balaban J connectivity index is 0. The van der Waals surface area contributed by atoms with Gasteiger partial charge in [0.2, 0.25) is 0 Å². The summed E-state index contributed by atoms with van der Waals surface area (Å²) in [6.07, 6.45) is 9.85. The van der Waals surface area contributed by atoms with Crippen molar-refractivity contribution >= 4 is 10.8 Å². The minimum absolute atomic E-state index is 0.546. The van der Waals surface area contributed by atoms with Gasteiger partial charge in [0.05, 0.1) is 12.2 Å². The van der Waals surface area contributed by atoms with Gasteiger partial charge in [-0.3, -0.25) is 9.19 Å². The first-order valence-corrected chi connectivity index (χ1v) is 8.03. The second kappa shape index (κ2) is 16.8. The van der Waals surface area contributed by atoms with E-state index in [1.54, 1.807) is 31.0 Å². The van der Waals surface area contributed by atoms with Gasteiger partial charge in [-0.2, -0.15) is 5.26 Å². The highest BCUT2D eigenvalue weighted by Crippen LogP contribution is 2.09. The Morgan fingerprint density at radius 1 is 1.32 bits per heavy atom. The molecule has 0 N–H and O–H groups in total. The summed E-state index contributed by atoms with van der Waals surface area (Å²) >= 11 is 0. The Kier molecular flexibility index (Phi) is 17.7. The molecule has 1 aromatic heterocycles. The monoisotopic (exact) mass is 284 g/mol. The number of nitrogens with zero attached hydrogens (tertiary/aromatic N) is 2. The second-order valence-corrected chi connectivity index (χ2v) is 5.30. The fourth-order valence-electron chi connectivity index (χ4n) is 1.05. The fraction of sp³-hybridized carbons (Fsp3) is 0.571. The molecule has 0 aromatic carbocycles. The smallest absolute Gasteiger partial charge is 0.0587 e. The Labute approximate surface area is 119 Å². The minimum atomic E-state index is -0.611. The van der Waals surface area contributed by atoms with Gasteiger partial charge in [-0.25, -0.2) is 0 Å². The molecule has 108 valence electrons. The first-order chi connectivity index (χ1) is 9.04. The van der Waals surface area contributed by atoms with E-state index in [1.807, 2.05) is 18.2 Å². The van der Waals surface area contributed by atoms with Gasteiger partial charge >= 0.3 is 0 Å². The lowest BCUT2D eigenvalue weighted by atomic mass is 10.3. The third-order valence-electron chi connectivity index (χ3n) is 1.72. The highest BCUT2D eigenvalue weighted by atomic mass is 32.2. The Morgan fingerprint density at radius 2 is 1.79 bits per heavy atom. The molecule has 1 fully saturated rings. The molecule has 0 radical (unpaired) electrons. The molecule has 1 atom stereocenters. The van der Waals surface area contributed by atoms with Gasteiger partial charge in [0.15, 0.2) is 0 Å². The van der Waals surface area contributed by atoms with Crippen molar-refractivity contribution in [2.75, 3.05) is 19.1 Å². The average Bonchev–Trinajstić information content (AvgIpc) is 2.84. The number of hydrogen-bond acceptors (Lipinski definition) is 4. The zero-order valence-corrected chi connectivity index (χ0v) is 13.0. The van der Waals surface area contributed by atoms with Crippen LogP contribution in [0.2, 0.25) is 0 Å². The number of aromatic nitrogens is 1. The SMILES string of the molecule is CC#N.CC1CCCO1.CS(C)=O.c1ccncc1. The van der Waals surface area contributed by atoms with Crippen LogP contribution >= 0.6 is 0 Å². The zero-order valence-electron chi connectivity index (χ0n) is 12.2. The van der Waals surface area contributed by atoms with Crippen LogP contribution in [0, 0.1) is 11.3 Å². The van der Waals surface area contributed by atoms with Gasteiger partial charge in [-0.1, -0.05) is 6.07 Å². The molecular formula is C14H24N2O2S. The normalized spacial score (nSPS) is 15.7. The largest absolute Gasteiger partial charge is 0.379 e. The quantitative estimate of drug-likeness (QED) is 0.735. The van der Waals surface area contributed by atoms with Gasteiger partial charge in [0, 0.05) is 49.2 Å². The van der Waals surface area contributed by atoms with Crippen LogP contribution in [0.25, 0.3) is 0 Å². The summed E-state index contributed by atoms with van der Waals surface area (Å²) in [6, 6.07) is 7.47. The Morgan fingerprint density at radius 3 is 1.89 bits per heavy atom. The summed E-state index contributed by atoms with van der Waals surface area (Å²) in [7, 11) is -0.611. The van der Waals surface area contributed by atoms with Gasteiger partial charge in [0.25, 0.3) is 0 Å². The maximum absolute atomic E-state index is 9.56. The zero-order chi connectivity index (χ0) is 14.9. The summed E-state index contributed by atoms with van der Waals surface area (Å²) in [5, 5.41) is 7.32. The molecule has 2 heterocycles. The number of nitriles is 1. The van der Waals surface area contributed by atoms with Crippen LogP contribution in [0.4, 0.5) is 0 Å². The molecule has 2 rings (SSSR count). The van der Waals surface area contributed by atoms with Crippen molar-refractivity contribution < 1.29 is 8.95 Å². The maximum atomic E-state index is 9.56. The summed E-state index contributed by atoms with van der Waals surface area (Å²) in [5.41, 5.74) is 0. The van der Waals surface area contributed by atoms with Crippen molar-refractivity contribution in [3.8, 4) is 6.07 Å². The molecule has 1 aromatic rings. The molecule has 0 bridgehead atoms. The summed E-state index contributed by atoms with van der Waals surface area (Å²) in [5.74, 6) is 0. The molecule has 1 unspecified atom stereocenters. The minimum Gasteiger partial charge on any atom is -0.379 e. The van der Waals surface area contributed by atoms with Crippen LogP contribution in [-0.4, -0.2) is 34.4 Å².